The van der Waals surface area contributed by atoms with Gasteiger partial charge in [-0.1, -0.05) is 60.4 Å². The minimum absolute atomic E-state index is 0.202. The third-order valence-corrected chi connectivity index (χ3v) is 4.13. The standard InChI is InChI=1S/C22H22N2O/c25-22(23-20-15-5-2-6-16-20)24-21-17-9-14-19(21)13-8-7-12-18-10-3-1-4-11-18/h1-6,10-11,15-16H,7,9,12,14,17H2,(H2,23,24,25). The van der Waals surface area contributed by atoms with E-state index in [0.717, 1.165) is 49.1 Å². The van der Waals surface area contributed by atoms with E-state index < -0.39 is 0 Å². The highest BCUT2D eigenvalue weighted by atomic mass is 16.2. The zero-order chi connectivity index (χ0) is 17.3. The van der Waals surface area contributed by atoms with Crippen LogP contribution >= 0.6 is 0 Å². The lowest BCUT2D eigenvalue weighted by Crippen LogP contribution is -2.28. The summed E-state index contributed by atoms with van der Waals surface area (Å²) in [7, 11) is 0. The summed E-state index contributed by atoms with van der Waals surface area (Å²) in [5, 5.41) is 5.81. The van der Waals surface area contributed by atoms with Crippen molar-refractivity contribution in [1.82, 2.24) is 5.32 Å². The number of carbonyl (C=O) groups excluding carboxylic acids is 1. The van der Waals surface area contributed by atoms with Gasteiger partial charge in [-0.25, -0.2) is 4.79 Å². The number of hydrogen-bond acceptors (Lipinski definition) is 1. The summed E-state index contributed by atoms with van der Waals surface area (Å²) in [6.45, 7) is 0. The fourth-order valence-electron chi connectivity index (χ4n) is 2.86. The Labute approximate surface area is 149 Å². The van der Waals surface area contributed by atoms with Crippen molar-refractivity contribution in [2.75, 3.05) is 5.32 Å². The summed E-state index contributed by atoms with van der Waals surface area (Å²) in [4.78, 5) is 12.1. The van der Waals surface area contributed by atoms with Gasteiger partial charge in [0.05, 0.1) is 0 Å². The number of amides is 2. The van der Waals surface area contributed by atoms with Crippen molar-refractivity contribution >= 4 is 11.7 Å². The van der Waals surface area contributed by atoms with Crippen molar-refractivity contribution < 1.29 is 4.79 Å². The predicted molar refractivity (Wildman–Crippen MR) is 102 cm³/mol. The van der Waals surface area contributed by atoms with Crippen LogP contribution in [0.5, 0.6) is 0 Å². The van der Waals surface area contributed by atoms with Crippen molar-refractivity contribution in [2.45, 2.75) is 32.1 Å². The average molecular weight is 330 g/mol. The Morgan fingerprint density at radius 3 is 2.40 bits per heavy atom. The lowest BCUT2D eigenvalue weighted by Gasteiger charge is -2.08. The number of nitrogens with one attached hydrogen (secondary N) is 2. The van der Waals surface area contributed by atoms with Crippen molar-refractivity contribution in [1.29, 1.82) is 0 Å². The van der Waals surface area contributed by atoms with Gasteiger partial charge in [0, 0.05) is 23.4 Å². The van der Waals surface area contributed by atoms with E-state index in [0.29, 0.717) is 0 Å². The van der Waals surface area contributed by atoms with E-state index in [-0.39, 0.29) is 6.03 Å². The zero-order valence-electron chi connectivity index (χ0n) is 14.2. The predicted octanol–water partition coefficient (Wildman–Crippen LogP) is 4.88. The Bertz CT molecular complexity index is 798. The quantitative estimate of drug-likeness (QED) is 0.771. The maximum Gasteiger partial charge on any atom is 0.323 e. The SMILES string of the molecule is O=C(NC1=C(C#CCCc2ccccc2)CCC1)Nc1ccccc1. The van der Waals surface area contributed by atoms with Crippen LogP contribution in [0, 0.1) is 11.8 Å². The highest BCUT2D eigenvalue weighted by Crippen LogP contribution is 2.23. The molecule has 1 aliphatic rings. The van der Waals surface area contributed by atoms with Gasteiger partial charge in [-0.05, 0) is 43.4 Å². The monoisotopic (exact) mass is 330 g/mol. The summed E-state index contributed by atoms with van der Waals surface area (Å²) >= 11 is 0. The molecule has 0 saturated heterocycles. The fourth-order valence-corrected chi connectivity index (χ4v) is 2.86. The van der Waals surface area contributed by atoms with Crippen LogP contribution in [0.1, 0.15) is 31.2 Å². The molecule has 2 N–H and O–H groups in total. The minimum atomic E-state index is -0.202. The van der Waals surface area contributed by atoms with E-state index in [2.05, 4.69) is 46.7 Å². The smallest absolute Gasteiger partial charge is 0.311 e. The normalized spacial score (nSPS) is 13.1. The summed E-state index contributed by atoms with van der Waals surface area (Å²) in [5.41, 5.74) is 4.11. The number of rotatable bonds is 4. The molecule has 0 radical (unpaired) electrons. The van der Waals surface area contributed by atoms with Gasteiger partial charge < -0.3 is 10.6 Å². The number of anilines is 1. The first-order valence-electron chi connectivity index (χ1n) is 8.69. The second-order valence-electron chi connectivity index (χ2n) is 6.04. The molecular weight excluding hydrogens is 308 g/mol. The highest BCUT2D eigenvalue weighted by molar-refractivity contribution is 5.90. The first kappa shape index (κ1) is 16.9. The van der Waals surface area contributed by atoms with Crippen LogP contribution in [0.25, 0.3) is 0 Å². The van der Waals surface area contributed by atoms with Crippen LogP contribution in [0.15, 0.2) is 71.9 Å². The van der Waals surface area contributed by atoms with Gasteiger partial charge in [0.25, 0.3) is 0 Å². The van der Waals surface area contributed by atoms with Crippen LogP contribution in [0.4, 0.5) is 10.5 Å². The molecule has 0 atom stereocenters. The maximum absolute atomic E-state index is 12.1. The third kappa shape index (κ3) is 5.26. The van der Waals surface area contributed by atoms with Crippen LogP contribution < -0.4 is 10.6 Å². The summed E-state index contributed by atoms with van der Waals surface area (Å²) in [6.07, 6.45) is 4.66. The molecule has 2 aromatic carbocycles. The fraction of sp³-hybridized carbons (Fsp3) is 0.227. The van der Waals surface area contributed by atoms with Crippen LogP contribution in [0.2, 0.25) is 0 Å². The molecule has 3 rings (SSSR count). The highest BCUT2D eigenvalue weighted by Gasteiger charge is 2.15. The Balaban J connectivity index is 1.55. The molecule has 0 saturated carbocycles. The van der Waals surface area contributed by atoms with Gasteiger partial charge in [0.1, 0.15) is 0 Å². The summed E-state index contributed by atoms with van der Waals surface area (Å²) < 4.78 is 0. The molecular formula is C22H22N2O. The molecule has 0 heterocycles. The van der Waals surface area contributed by atoms with Crippen molar-refractivity contribution in [3.63, 3.8) is 0 Å². The third-order valence-electron chi connectivity index (χ3n) is 4.13. The molecule has 2 amide bonds. The first-order chi connectivity index (χ1) is 12.3. The van der Waals surface area contributed by atoms with Gasteiger partial charge in [-0.15, -0.1) is 0 Å². The first-order valence-corrected chi connectivity index (χ1v) is 8.69. The number of urea groups is 1. The van der Waals surface area contributed by atoms with Crippen molar-refractivity contribution in [2.24, 2.45) is 0 Å². The van der Waals surface area contributed by atoms with Gasteiger partial charge in [0.15, 0.2) is 0 Å². The van der Waals surface area contributed by atoms with Crippen LogP contribution in [0.3, 0.4) is 0 Å². The molecule has 1 aliphatic carbocycles. The Morgan fingerprint density at radius 1 is 0.920 bits per heavy atom. The van der Waals surface area contributed by atoms with Crippen LogP contribution in [-0.4, -0.2) is 6.03 Å². The number of hydrogen-bond donors (Lipinski definition) is 2. The molecule has 2 aromatic rings. The molecule has 0 fully saturated rings. The maximum atomic E-state index is 12.1. The Kier molecular flexibility index (Phi) is 5.90. The van der Waals surface area contributed by atoms with Crippen molar-refractivity contribution in [3.8, 4) is 11.8 Å². The van der Waals surface area contributed by atoms with Crippen LogP contribution in [-0.2, 0) is 6.42 Å². The molecule has 3 heteroatoms. The molecule has 25 heavy (non-hydrogen) atoms. The van der Waals surface area contributed by atoms with E-state index in [9.17, 15) is 4.79 Å². The average Bonchev–Trinajstić information content (AvgIpc) is 3.07. The molecule has 0 bridgehead atoms. The minimum Gasteiger partial charge on any atom is -0.311 e. The van der Waals surface area contributed by atoms with Gasteiger partial charge in [0.2, 0.25) is 0 Å². The molecule has 0 aliphatic heterocycles. The van der Waals surface area contributed by atoms with Gasteiger partial charge in [-0.2, -0.15) is 0 Å². The number of benzene rings is 2. The second kappa shape index (κ2) is 8.75. The summed E-state index contributed by atoms with van der Waals surface area (Å²) in [6, 6.07) is 19.6. The second-order valence-corrected chi connectivity index (χ2v) is 6.04. The molecule has 3 nitrogen and oxygen atoms in total. The van der Waals surface area contributed by atoms with E-state index in [1.54, 1.807) is 0 Å². The van der Waals surface area contributed by atoms with Gasteiger partial charge >= 0.3 is 6.03 Å². The Morgan fingerprint density at radius 2 is 1.64 bits per heavy atom. The van der Waals surface area contributed by atoms with E-state index >= 15 is 0 Å². The molecule has 0 aromatic heterocycles. The van der Waals surface area contributed by atoms with E-state index in [4.69, 9.17) is 0 Å². The molecule has 126 valence electrons. The van der Waals surface area contributed by atoms with E-state index in [1.165, 1.54) is 5.56 Å². The van der Waals surface area contributed by atoms with Gasteiger partial charge in [-0.3, -0.25) is 0 Å². The number of aryl methyl sites for hydroxylation is 1. The lowest BCUT2D eigenvalue weighted by atomic mass is 10.1. The zero-order valence-corrected chi connectivity index (χ0v) is 14.2. The molecule has 0 unspecified atom stereocenters. The van der Waals surface area contributed by atoms with E-state index in [1.807, 2.05) is 36.4 Å². The molecule has 0 spiro atoms. The number of para-hydroxylation sites is 1. The number of carbonyl (C=O) groups is 1. The largest absolute Gasteiger partial charge is 0.323 e. The lowest BCUT2D eigenvalue weighted by molar-refractivity contribution is 0.254. The topological polar surface area (TPSA) is 41.1 Å². The number of allylic oxidation sites excluding steroid dienone is 2. The summed E-state index contributed by atoms with van der Waals surface area (Å²) in [5.74, 6) is 6.51. The van der Waals surface area contributed by atoms with Crippen molar-refractivity contribution in [3.05, 3.63) is 77.5 Å². The Hall–Kier alpha value is -2.99.